The molecule has 11 heteroatoms. The fourth-order valence-electron chi connectivity index (χ4n) is 3.65. The molecule has 0 bridgehead atoms. The number of carbonyl (C=O) groups is 1. The minimum atomic E-state index is -0.789. The Balaban J connectivity index is 1.65. The number of amides is 1. The molecule has 2 aromatic carbocycles. The van der Waals surface area contributed by atoms with Gasteiger partial charge in [-0.2, -0.15) is 10.2 Å². The molecule has 4 aromatic rings. The van der Waals surface area contributed by atoms with Gasteiger partial charge in [0.2, 0.25) is 17.7 Å². The first kappa shape index (κ1) is 25.8. The number of rotatable bonds is 9. The number of hydrogen-bond acceptors (Lipinski definition) is 8. The number of nitriles is 1. The van der Waals surface area contributed by atoms with E-state index in [1.807, 2.05) is 44.2 Å². The average Bonchev–Trinajstić information content (AvgIpc) is 2.89. The summed E-state index contributed by atoms with van der Waals surface area (Å²) < 4.78 is 8.06. The first-order valence-corrected chi connectivity index (χ1v) is 11.7. The first-order valence-electron chi connectivity index (χ1n) is 11.7. The lowest BCUT2D eigenvalue weighted by molar-refractivity contribution is -0.118. The molecule has 0 aliphatic rings. The van der Waals surface area contributed by atoms with Gasteiger partial charge in [-0.05, 0) is 49.2 Å². The second-order valence-electron chi connectivity index (χ2n) is 8.64. The van der Waals surface area contributed by atoms with E-state index in [-0.39, 0.29) is 25.5 Å². The van der Waals surface area contributed by atoms with Gasteiger partial charge in [0.1, 0.15) is 11.8 Å². The zero-order chi connectivity index (χ0) is 27.2. The topological polar surface area (TPSA) is 158 Å². The summed E-state index contributed by atoms with van der Waals surface area (Å²) in [4.78, 5) is 45.4. The Hall–Kier alpha value is -5.24. The van der Waals surface area contributed by atoms with E-state index in [1.165, 1.54) is 10.8 Å². The molecular formula is C27H25N7O4. The summed E-state index contributed by atoms with van der Waals surface area (Å²) in [5.74, 6) is 0.302. The van der Waals surface area contributed by atoms with E-state index in [2.05, 4.69) is 15.3 Å². The molecule has 0 saturated heterocycles. The van der Waals surface area contributed by atoms with Crippen LogP contribution in [0.25, 0.3) is 0 Å². The molecule has 0 fully saturated rings. The summed E-state index contributed by atoms with van der Waals surface area (Å²) in [5, 5.41) is 12.0. The van der Waals surface area contributed by atoms with Crippen LogP contribution in [0.4, 0.5) is 11.6 Å². The van der Waals surface area contributed by atoms with Crippen molar-refractivity contribution in [3.05, 3.63) is 104 Å². The highest BCUT2D eigenvalue weighted by Gasteiger charge is 2.15. The number of hydrogen-bond donors (Lipinski definition) is 2. The van der Waals surface area contributed by atoms with E-state index in [4.69, 9.17) is 15.7 Å². The molecule has 11 nitrogen and oxygen atoms in total. The van der Waals surface area contributed by atoms with Crippen LogP contribution >= 0.6 is 0 Å². The summed E-state index contributed by atoms with van der Waals surface area (Å²) in [5.41, 5.74) is 7.46. The molecule has 0 atom stereocenters. The van der Waals surface area contributed by atoms with Crippen molar-refractivity contribution >= 4 is 17.5 Å². The number of anilines is 2. The van der Waals surface area contributed by atoms with Gasteiger partial charge in [0.05, 0.1) is 12.1 Å². The van der Waals surface area contributed by atoms with Crippen LogP contribution in [-0.4, -0.2) is 25.0 Å². The number of nitrogens with two attached hydrogens (primary N) is 1. The number of ether oxygens (including phenoxy) is 1. The van der Waals surface area contributed by atoms with Crippen molar-refractivity contribution < 1.29 is 9.53 Å². The number of aromatic nitrogens is 4. The molecule has 2 aromatic heterocycles. The standard InChI is InChI=1S/C27H25N7O4/c1-17-3-5-19(6-4-17)16-34-25(32-26(36)33(27(34)37)12-11-23(29)35)31-21-8-9-22(18(2)13-21)38-24-10-7-20(14-28)15-30-24/h3-10,13,15H,11-12,16H2,1-2H3,(H2,29,35)(H,31,32,36). The lowest BCUT2D eigenvalue weighted by atomic mass is 10.1. The van der Waals surface area contributed by atoms with E-state index >= 15 is 0 Å². The molecule has 2 heterocycles. The molecule has 4 rings (SSSR count). The van der Waals surface area contributed by atoms with Crippen LogP contribution in [0.3, 0.4) is 0 Å². The molecule has 0 saturated carbocycles. The van der Waals surface area contributed by atoms with Crippen molar-refractivity contribution in [2.75, 3.05) is 5.32 Å². The van der Waals surface area contributed by atoms with Crippen LogP contribution in [-0.2, 0) is 17.9 Å². The largest absolute Gasteiger partial charge is 0.439 e. The summed E-state index contributed by atoms with van der Waals surface area (Å²) in [7, 11) is 0. The lowest BCUT2D eigenvalue weighted by Gasteiger charge is -2.16. The minimum Gasteiger partial charge on any atom is -0.439 e. The lowest BCUT2D eigenvalue weighted by Crippen LogP contribution is -2.43. The maximum absolute atomic E-state index is 13.3. The number of benzene rings is 2. The maximum Gasteiger partial charge on any atom is 0.354 e. The van der Waals surface area contributed by atoms with Crippen LogP contribution in [0.1, 0.15) is 28.7 Å². The number of nitrogens with zero attached hydrogens (tertiary/aromatic N) is 5. The second-order valence-corrected chi connectivity index (χ2v) is 8.64. The van der Waals surface area contributed by atoms with Gasteiger partial charge in [-0.25, -0.2) is 19.1 Å². The van der Waals surface area contributed by atoms with Crippen molar-refractivity contribution in [1.82, 2.24) is 19.1 Å². The van der Waals surface area contributed by atoms with Gasteiger partial charge in [0, 0.05) is 30.9 Å². The highest BCUT2D eigenvalue weighted by molar-refractivity contribution is 5.73. The zero-order valence-corrected chi connectivity index (χ0v) is 20.8. The predicted molar refractivity (Wildman–Crippen MR) is 140 cm³/mol. The fraction of sp³-hybridized carbons (Fsp3) is 0.185. The van der Waals surface area contributed by atoms with Crippen LogP contribution in [0.2, 0.25) is 0 Å². The molecule has 0 radical (unpaired) electrons. The van der Waals surface area contributed by atoms with Crippen molar-refractivity contribution in [3.8, 4) is 17.7 Å². The van der Waals surface area contributed by atoms with E-state index in [9.17, 15) is 14.4 Å². The third-order valence-corrected chi connectivity index (χ3v) is 5.70. The third kappa shape index (κ3) is 6.11. The zero-order valence-electron chi connectivity index (χ0n) is 20.8. The Morgan fingerprint density at radius 3 is 2.47 bits per heavy atom. The van der Waals surface area contributed by atoms with Crippen molar-refractivity contribution in [3.63, 3.8) is 0 Å². The van der Waals surface area contributed by atoms with Crippen molar-refractivity contribution in [2.24, 2.45) is 5.73 Å². The molecule has 38 heavy (non-hydrogen) atoms. The highest BCUT2D eigenvalue weighted by Crippen LogP contribution is 2.27. The number of primary amides is 1. The summed E-state index contributed by atoms with van der Waals surface area (Å²) in [6.45, 7) is 3.78. The monoisotopic (exact) mass is 511 g/mol. The number of pyridine rings is 1. The molecule has 1 amide bonds. The quantitative estimate of drug-likeness (QED) is 0.347. The number of carbonyl (C=O) groups excluding carboxylic acids is 1. The first-order chi connectivity index (χ1) is 18.2. The summed E-state index contributed by atoms with van der Waals surface area (Å²) in [6, 6.07) is 18.0. The van der Waals surface area contributed by atoms with Gasteiger partial charge in [-0.1, -0.05) is 29.8 Å². The van der Waals surface area contributed by atoms with E-state index < -0.39 is 17.3 Å². The van der Waals surface area contributed by atoms with Gasteiger partial charge >= 0.3 is 11.4 Å². The molecule has 0 aliphatic carbocycles. The smallest absolute Gasteiger partial charge is 0.354 e. The van der Waals surface area contributed by atoms with E-state index in [1.54, 1.807) is 30.3 Å². The summed E-state index contributed by atoms with van der Waals surface area (Å²) >= 11 is 0. The van der Waals surface area contributed by atoms with Crippen molar-refractivity contribution in [1.29, 1.82) is 5.26 Å². The van der Waals surface area contributed by atoms with Gasteiger partial charge in [0.15, 0.2) is 0 Å². The summed E-state index contributed by atoms with van der Waals surface area (Å²) in [6.07, 6.45) is 1.26. The average molecular weight is 512 g/mol. The second kappa shape index (κ2) is 11.2. The van der Waals surface area contributed by atoms with Gasteiger partial charge in [-0.15, -0.1) is 0 Å². The van der Waals surface area contributed by atoms with Crippen molar-refractivity contribution in [2.45, 2.75) is 33.4 Å². The molecule has 3 N–H and O–H groups in total. The van der Waals surface area contributed by atoms with E-state index in [0.717, 1.165) is 21.3 Å². The normalized spacial score (nSPS) is 10.6. The van der Waals surface area contributed by atoms with Crippen LogP contribution in [0.15, 0.2) is 70.4 Å². The fourth-order valence-corrected chi connectivity index (χ4v) is 3.65. The predicted octanol–water partition coefficient (Wildman–Crippen LogP) is 2.75. The Kier molecular flexibility index (Phi) is 7.63. The van der Waals surface area contributed by atoms with E-state index in [0.29, 0.717) is 22.9 Å². The number of nitrogens with one attached hydrogen (secondary N) is 1. The molecule has 0 spiro atoms. The van der Waals surface area contributed by atoms with Crippen LogP contribution in [0.5, 0.6) is 11.6 Å². The molecule has 192 valence electrons. The van der Waals surface area contributed by atoms with Gasteiger partial charge in [0.25, 0.3) is 0 Å². The highest BCUT2D eigenvalue weighted by atomic mass is 16.5. The SMILES string of the molecule is Cc1ccc(Cn2c(Nc3ccc(Oc4ccc(C#N)cn4)c(C)c3)nc(=O)n(CCC(N)=O)c2=O)cc1. The maximum atomic E-state index is 13.3. The minimum absolute atomic E-state index is 0.0535. The van der Waals surface area contributed by atoms with Crippen LogP contribution in [0, 0.1) is 25.2 Å². The third-order valence-electron chi connectivity index (χ3n) is 5.70. The molecule has 0 unspecified atom stereocenters. The van der Waals surface area contributed by atoms with Gasteiger partial charge < -0.3 is 15.8 Å². The molecular weight excluding hydrogens is 486 g/mol. The Morgan fingerprint density at radius 1 is 1.08 bits per heavy atom. The number of aryl methyl sites for hydroxylation is 2. The Labute approximate surface area is 217 Å². The Bertz CT molecular complexity index is 1630. The van der Waals surface area contributed by atoms with Gasteiger partial charge in [-0.3, -0.25) is 9.36 Å². The molecule has 0 aliphatic heterocycles. The van der Waals surface area contributed by atoms with Crippen LogP contribution < -0.4 is 27.2 Å². The Morgan fingerprint density at radius 2 is 1.84 bits per heavy atom.